The summed E-state index contributed by atoms with van der Waals surface area (Å²) in [5.74, 6) is -2.39. The van der Waals surface area contributed by atoms with Crippen molar-refractivity contribution in [2.45, 2.75) is 25.3 Å². The first-order chi connectivity index (χ1) is 16.8. The van der Waals surface area contributed by atoms with Crippen LogP contribution in [-0.4, -0.2) is 36.2 Å². The molecule has 0 aliphatic heterocycles. The zero-order chi connectivity index (χ0) is 25.0. The van der Waals surface area contributed by atoms with Crippen molar-refractivity contribution in [3.8, 4) is 11.1 Å². The largest absolute Gasteiger partial charge is 0.479 e. The molecule has 1 aliphatic rings. The molecule has 2 amide bonds. The smallest absolute Gasteiger partial charge is 0.407 e. The molecule has 0 heterocycles. The third-order valence-electron chi connectivity index (χ3n) is 6.50. The summed E-state index contributed by atoms with van der Waals surface area (Å²) in [6.45, 7) is 3.24. The number of amides is 2. The Bertz CT molecular complexity index is 1200. The van der Waals surface area contributed by atoms with Crippen molar-refractivity contribution in [1.29, 1.82) is 0 Å². The van der Waals surface area contributed by atoms with E-state index in [1.165, 1.54) is 6.92 Å². The van der Waals surface area contributed by atoms with Gasteiger partial charge < -0.3 is 20.5 Å². The minimum Gasteiger partial charge on any atom is -0.479 e. The summed E-state index contributed by atoms with van der Waals surface area (Å²) in [7, 11) is 0. The molecule has 0 spiro atoms. The Labute approximate surface area is 204 Å². The summed E-state index contributed by atoms with van der Waals surface area (Å²) in [6, 6.07) is 24.6. The summed E-state index contributed by atoms with van der Waals surface area (Å²) < 4.78 is 5.50. The number of alkyl carbamates (subject to hydrolysis) is 1. The Morgan fingerprint density at radius 3 is 2.03 bits per heavy atom. The zero-order valence-corrected chi connectivity index (χ0v) is 19.7. The molecule has 7 nitrogen and oxygen atoms in total. The molecule has 3 aromatic rings. The molecule has 0 saturated heterocycles. The van der Waals surface area contributed by atoms with Gasteiger partial charge in [-0.15, -0.1) is 0 Å². The Hall–Kier alpha value is -4.13. The molecule has 0 bridgehead atoms. The first-order valence-electron chi connectivity index (χ1n) is 11.5. The normalized spacial score (nSPS) is 14.7. The Morgan fingerprint density at radius 2 is 1.46 bits per heavy atom. The van der Waals surface area contributed by atoms with Gasteiger partial charge in [0.25, 0.3) is 0 Å². The molecule has 0 aromatic heterocycles. The fraction of sp³-hybridized carbons (Fsp3) is 0.250. The topological polar surface area (TPSA) is 105 Å². The number of carboxylic acids is 1. The number of ether oxygens (including phenoxy) is 1. The van der Waals surface area contributed by atoms with Gasteiger partial charge in [-0.05, 0) is 34.7 Å². The predicted molar refractivity (Wildman–Crippen MR) is 132 cm³/mol. The zero-order valence-electron chi connectivity index (χ0n) is 19.7. The summed E-state index contributed by atoms with van der Waals surface area (Å²) >= 11 is 0. The van der Waals surface area contributed by atoms with Crippen LogP contribution in [0.2, 0.25) is 0 Å². The van der Waals surface area contributed by atoms with Gasteiger partial charge in [0, 0.05) is 12.5 Å². The van der Waals surface area contributed by atoms with Gasteiger partial charge >= 0.3 is 12.1 Å². The minimum absolute atomic E-state index is 0.00694. The average Bonchev–Trinajstić information content (AvgIpc) is 3.20. The highest BCUT2D eigenvalue weighted by Crippen LogP contribution is 2.44. The molecular formula is C28H28N2O5. The van der Waals surface area contributed by atoms with Crippen LogP contribution in [0.15, 0.2) is 78.9 Å². The number of carboxylic acid groups (broad SMARTS) is 1. The first kappa shape index (κ1) is 24.0. The lowest BCUT2D eigenvalue weighted by molar-refractivity contribution is -0.148. The van der Waals surface area contributed by atoms with E-state index in [2.05, 4.69) is 22.8 Å². The number of nitrogens with one attached hydrogen (secondary N) is 2. The van der Waals surface area contributed by atoms with Crippen LogP contribution in [0.5, 0.6) is 0 Å². The maximum atomic E-state index is 12.7. The van der Waals surface area contributed by atoms with Crippen molar-refractivity contribution >= 4 is 18.0 Å². The van der Waals surface area contributed by atoms with E-state index in [1.807, 2.05) is 36.4 Å². The highest BCUT2D eigenvalue weighted by Gasteiger charge is 2.37. The lowest BCUT2D eigenvalue weighted by Crippen LogP contribution is -2.52. The maximum Gasteiger partial charge on any atom is 0.407 e. The van der Waals surface area contributed by atoms with Crippen molar-refractivity contribution in [1.82, 2.24) is 10.6 Å². The first-order valence-corrected chi connectivity index (χ1v) is 11.5. The van der Waals surface area contributed by atoms with Gasteiger partial charge in [0.05, 0.1) is 5.92 Å². The molecule has 7 heteroatoms. The molecule has 0 radical (unpaired) electrons. The molecule has 3 aromatic carbocycles. The number of rotatable bonds is 8. The molecule has 1 aliphatic carbocycles. The highest BCUT2D eigenvalue weighted by molar-refractivity contribution is 5.89. The fourth-order valence-corrected chi connectivity index (χ4v) is 4.37. The van der Waals surface area contributed by atoms with E-state index in [0.717, 1.165) is 22.3 Å². The van der Waals surface area contributed by atoms with Crippen LogP contribution in [0.25, 0.3) is 11.1 Å². The van der Waals surface area contributed by atoms with Crippen LogP contribution in [0, 0.1) is 5.92 Å². The van der Waals surface area contributed by atoms with Crippen LogP contribution in [0.3, 0.4) is 0 Å². The molecule has 0 saturated carbocycles. The van der Waals surface area contributed by atoms with E-state index in [9.17, 15) is 19.5 Å². The number of carbonyl (C=O) groups excluding carboxylic acids is 2. The van der Waals surface area contributed by atoms with Gasteiger partial charge in [0.1, 0.15) is 6.61 Å². The van der Waals surface area contributed by atoms with Gasteiger partial charge in [-0.2, -0.15) is 0 Å². The molecule has 180 valence electrons. The predicted octanol–water partition coefficient (Wildman–Crippen LogP) is 4.28. The van der Waals surface area contributed by atoms with Gasteiger partial charge in [-0.1, -0.05) is 85.8 Å². The number of hydrogen-bond donors (Lipinski definition) is 3. The Morgan fingerprint density at radius 1 is 0.914 bits per heavy atom. The van der Waals surface area contributed by atoms with Crippen LogP contribution in [0.4, 0.5) is 4.79 Å². The van der Waals surface area contributed by atoms with Gasteiger partial charge in [0.2, 0.25) is 5.91 Å². The highest BCUT2D eigenvalue weighted by atomic mass is 16.5. The SMILES string of the molecule is CC(CNC(=O)OCC1c2ccccc2-c2ccccc21)C(=O)NC(C)(C(=O)O)c1ccccc1. The van der Waals surface area contributed by atoms with Crippen molar-refractivity contribution < 1.29 is 24.2 Å². The van der Waals surface area contributed by atoms with Crippen LogP contribution < -0.4 is 10.6 Å². The molecule has 0 fully saturated rings. The molecule has 3 N–H and O–H groups in total. The van der Waals surface area contributed by atoms with Crippen molar-refractivity contribution in [2.75, 3.05) is 13.2 Å². The minimum atomic E-state index is -1.59. The van der Waals surface area contributed by atoms with Gasteiger partial charge in [0.15, 0.2) is 5.54 Å². The standard InChI is InChI=1S/C28H28N2O5/c1-18(25(31)30-28(2,26(32)33)19-10-4-3-5-11-19)16-29-27(34)35-17-24-22-14-8-6-12-20(22)21-13-7-9-15-23(21)24/h3-15,18,24H,16-17H2,1-2H3,(H,29,34)(H,30,31)(H,32,33). The van der Waals surface area contributed by atoms with Crippen molar-refractivity contribution in [3.63, 3.8) is 0 Å². The number of hydrogen-bond acceptors (Lipinski definition) is 4. The number of benzene rings is 3. The van der Waals surface area contributed by atoms with Crippen LogP contribution in [0.1, 0.15) is 36.5 Å². The monoisotopic (exact) mass is 472 g/mol. The summed E-state index contributed by atoms with van der Waals surface area (Å²) in [6.07, 6.45) is -0.629. The Kier molecular flexibility index (Phi) is 6.87. The summed E-state index contributed by atoms with van der Waals surface area (Å²) in [4.78, 5) is 37.1. The van der Waals surface area contributed by atoms with Gasteiger partial charge in [-0.3, -0.25) is 4.79 Å². The second kappa shape index (κ2) is 10.0. The third kappa shape index (κ3) is 4.89. The molecule has 2 unspecified atom stereocenters. The number of carbonyl (C=O) groups is 3. The van der Waals surface area contributed by atoms with E-state index >= 15 is 0 Å². The maximum absolute atomic E-state index is 12.7. The lowest BCUT2D eigenvalue weighted by Gasteiger charge is -2.28. The van der Waals surface area contributed by atoms with E-state index in [0.29, 0.717) is 5.56 Å². The number of aliphatic carboxylic acids is 1. The number of fused-ring (bicyclic) bond motifs is 3. The van der Waals surface area contributed by atoms with E-state index in [1.54, 1.807) is 37.3 Å². The second-order valence-corrected chi connectivity index (χ2v) is 8.89. The van der Waals surface area contributed by atoms with E-state index in [4.69, 9.17) is 4.74 Å². The summed E-state index contributed by atoms with van der Waals surface area (Å²) in [5, 5.41) is 15.0. The lowest BCUT2D eigenvalue weighted by atomic mass is 9.91. The van der Waals surface area contributed by atoms with Gasteiger partial charge in [-0.25, -0.2) is 9.59 Å². The Balaban J connectivity index is 1.33. The molecule has 4 rings (SSSR count). The molecule has 2 atom stereocenters. The van der Waals surface area contributed by atoms with E-state index < -0.39 is 29.4 Å². The van der Waals surface area contributed by atoms with Crippen molar-refractivity contribution in [2.24, 2.45) is 5.92 Å². The third-order valence-corrected chi connectivity index (χ3v) is 6.50. The molecule has 35 heavy (non-hydrogen) atoms. The molecular weight excluding hydrogens is 444 g/mol. The van der Waals surface area contributed by atoms with Crippen LogP contribution in [-0.2, 0) is 19.9 Å². The van der Waals surface area contributed by atoms with Crippen LogP contribution >= 0.6 is 0 Å². The van der Waals surface area contributed by atoms with E-state index in [-0.39, 0.29) is 19.1 Å². The fourth-order valence-electron chi connectivity index (χ4n) is 4.37. The second-order valence-electron chi connectivity index (χ2n) is 8.89. The quantitative estimate of drug-likeness (QED) is 0.454. The summed E-state index contributed by atoms with van der Waals surface area (Å²) in [5.41, 5.74) is 3.38. The van der Waals surface area contributed by atoms with Crippen molar-refractivity contribution in [3.05, 3.63) is 95.6 Å². The average molecular weight is 473 g/mol.